The Balaban J connectivity index is 1.86. The molecule has 0 aliphatic rings. The largest absolute Gasteiger partial charge is 0.316 e. The SMILES string of the molecule is CCC(C)n1c(SCC(=O)Nc2sccc2C#N)nc2ccccc2c1=O. The second kappa shape index (κ2) is 8.37. The third-order valence-corrected chi connectivity index (χ3v) is 5.96. The van der Waals surface area contributed by atoms with Crippen LogP contribution in [0.5, 0.6) is 0 Å². The van der Waals surface area contributed by atoms with E-state index in [0.717, 1.165) is 6.42 Å². The van der Waals surface area contributed by atoms with Crippen LogP contribution < -0.4 is 10.9 Å². The molecule has 0 bridgehead atoms. The summed E-state index contributed by atoms with van der Waals surface area (Å²) in [6.07, 6.45) is 0.778. The summed E-state index contributed by atoms with van der Waals surface area (Å²) in [6.45, 7) is 3.97. The molecule has 1 aromatic carbocycles. The number of hydrogen-bond acceptors (Lipinski definition) is 6. The highest BCUT2D eigenvalue weighted by Crippen LogP contribution is 2.25. The van der Waals surface area contributed by atoms with E-state index in [9.17, 15) is 9.59 Å². The van der Waals surface area contributed by atoms with Gasteiger partial charge in [-0.3, -0.25) is 14.2 Å². The molecule has 3 rings (SSSR count). The number of nitrogens with zero attached hydrogens (tertiary/aromatic N) is 3. The van der Waals surface area contributed by atoms with Crippen molar-refractivity contribution in [3.63, 3.8) is 0 Å². The molecule has 2 heterocycles. The Morgan fingerprint density at radius 2 is 2.19 bits per heavy atom. The van der Waals surface area contributed by atoms with E-state index in [0.29, 0.717) is 26.6 Å². The number of fused-ring (bicyclic) bond motifs is 1. The van der Waals surface area contributed by atoms with E-state index in [4.69, 9.17) is 5.26 Å². The minimum absolute atomic E-state index is 0.0253. The van der Waals surface area contributed by atoms with Crippen LogP contribution in [0.2, 0.25) is 0 Å². The van der Waals surface area contributed by atoms with Crippen molar-refractivity contribution in [1.29, 1.82) is 5.26 Å². The molecule has 138 valence electrons. The highest BCUT2D eigenvalue weighted by Gasteiger charge is 2.17. The number of para-hydroxylation sites is 1. The maximum Gasteiger partial charge on any atom is 0.262 e. The molecular formula is C19H18N4O2S2. The molecule has 1 atom stereocenters. The Hall–Kier alpha value is -2.63. The van der Waals surface area contributed by atoms with Gasteiger partial charge in [0.25, 0.3) is 5.56 Å². The first-order valence-electron chi connectivity index (χ1n) is 8.46. The summed E-state index contributed by atoms with van der Waals surface area (Å²) in [5.74, 6) is -0.138. The average Bonchev–Trinajstić information content (AvgIpc) is 3.13. The predicted octanol–water partition coefficient (Wildman–Crippen LogP) is 4.03. The van der Waals surface area contributed by atoms with Gasteiger partial charge < -0.3 is 5.32 Å². The normalized spacial score (nSPS) is 11.9. The molecule has 0 radical (unpaired) electrons. The molecule has 1 N–H and O–H groups in total. The number of thioether (sulfide) groups is 1. The highest BCUT2D eigenvalue weighted by atomic mass is 32.2. The summed E-state index contributed by atoms with van der Waals surface area (Å²) >= 11 is 2.53. The van der Waals surface area contributed by atoms with Crippen LogP contribution in [0, 0.1) is 11.3 Å². The van der Waals surface area contributed by atoms with Gasteiger partial charge in [-0.1, -0.05) is 30.8 Å². The van der Waals surface area contributed by atoms with Gasteiger partial charge in [0.05, 0.1) is 22.2 Å². The van der Waals surface area contributed by atoms with Gasteiger partial charge in [0.15, 0.2) is 5.16 Å². The smallest absolute Gasteiger partial charge is 0.262 e. The van der Waals surface area contributed by atoms with Crippen LogP contribution in [0.15, 0.2) is 45.7 Å². The number of aromatic nitrogens is 2. The molecule has 1 amide bonds. The molecular weight excluding hydrogens is 380 g/mol. The fourth-order valence-corrected chi connectivity index (χ4v) is 4.24. The molecule has 27 heavy (non-hydrogen) atoms. The third-order valence-electron chi connectivity index (χ3n) is 4.18. The predicted molar refractivity (Wildman–Crippen MR) is 109 cm³/mol. The molecule has 0 saturated heterocycles. The zero-order valence-electron chi connectivity index (χ0n) is 14.9. The Kier molecular flexibility index (Phi) is 5.94. The third kappa shape index (κ3) is 4.04. The van der Waals surface area contributed by atoms with E-state index in [1.807, 2.05) is 32.0 Å². The summed E-state index contributed by atoms with van der Waals surface area (Å²) in [4.78, 5) is 29.8. The first-order chi connectivity index (χ1) is 13.0. The molecule has 8 heteroatoms. The van der Waals surface area contributed by atoms with Crippen molar-refractivity contribution in [2.75, 3.05) is 11.1 Å². The van der Waals surface area contributed by atoms with Crippen LogP contribution in [0.4, 0.5) is 5.00 Å². The number of benzene rings is 1. The molecule has 0 saturated carbocycles. The average molecular weight is 399 g/mol. The quantitative estimate of drug-likeness (QED) is 0.500. The molecule has 1 unspecified atom stereocenters. The lowest BCUT2D eigenvalue weighted by Gasteiger charge is -2.18. The molecule has 0 fully saturated rings. The van der Waals surface area contributed by atoms with Gasteiger partial charge in [-0.25, -0.2) is 4.98 Å². The molecule has 6 nitrogen and oxygen atoms in total. The van der Waals surface area contributed by atoms with Crippen molar-refractivity contribution in [1.82, 2.24) is 9.55 Å². The highest BCUT2D eigenvalue weighted by molar-refractivity contribution is 7.99. The van der Waals surface area contributed by atoms with E-state index in [1.54, 1.807) is 28.1 Å². The van der Waals surface area contributed by atoms with E-state index in [1.165, 1.54) is 23.1 Å². The van der Waals surface area contributed by atoms with Crippen molar-refractivity contribution in [3.8, 4) is 6.07 Å². The fraction of sp³-hybridized carbons (Fsp3) is 0.263. The topological polar surface area (TPSA) is 87.8 Å². The van der Waals surface area contributed by atoms with Crippen LogP contribution in [0.25, 0.3) is 10.9 Å². The summed E-state index contributed by atoms with van der Waals surface area (Å²) in [7, 11) is 0. The Morgan fingerprint density at radius 1 is 1.41 bits per heavy atom. The van der Waals surface area contributed by atoms with Gasteiger partial charge in [0, 0.05) is 6.04 Å². The lowest BCUT2D eigenvalue weighted by Crippen LogP contribution is -2.26. The Morgan fingerprint density at radius 3 is 2.93 bits per heavy atom. The zero-order chi connectivity index (χ0) is 19.4. The van der Waals surface area contributed by atoms with E-state index in [-0.39, 0.29) is 23.3 Å². The van der Waals surface area contributed by atoms with Crippen molar-refractivity contribution in [3.05, 3.63) is 51.6 Å². The van der Waals surface area contributed by atoms with Gasteiger partial charge in [0.2, 0.25) is 5.91 Å². The van der Waals surface area contributed by atoms with Crippen molar-refractivity contribution < 1.29 is 4.79 Å². The van der Waals surface area contributed by atoms with Crippen molar-refractivity contribution in [2.24, 2.45) is 0 Å². The van der Waals surface area contributed by atoms with Crippen LogP contribution in [-0.4, -0.2) is 21.2 Å². The minimum atomic E-state index is -0.239. The van der Waals surface area contributed by atoms with Gasteiger partial charge in [-0.15, -0.1) is 11.3 Å². The number of nitriles is 1. The number of carbonyl (C=O) groups is 1. The number of rotatable bonds is 6. The van der Waals surface area contributed by atoms with Crippen LogP contribution >= 0.6 is 23.1 Å². The number of nitrogens with one attached hydrogen (secondary N) is 1. The van der Waals surface area contributed by atoms with E-state index < -0.39 is 0 Å². The van der Waals surface area contributed by atoms with Gasteiger partial charge in [0.1, 0.15) is 11.1 Å². The molecule has 0 spiro atoms. The first kappa shape index (κ1) is 19.1. The van der Waals surface area contributed by atoms with E-state index >= 15 is 0 Å². The molecule has 0 aliphatic carbocycles. The monoisotopic (exact) mass is 398 g/mol. The van der Waals surface area contributed by atoms with Crippen molar-refractivity contribution >= 4 is 44.9 Å². The fourth-order valence-electron chi connectivity index (χ4n) is 2.59. The maximum atomic E-state index is 12.9. The summed E-state index contributed by atoms with van der Waals surface area (Å²) < 4.78 is 1.66. The maximum absolute atomic E-state index is 12.9. The second-order valence-electron chi connectivity index (χ2n) is 5.96. The van der Waals surface area contributed by atoms with Crippen LogP contribution in [0.3, 0.4) is 0 Å². The number of hydrogen-bond donors (Lipinski definition) is 1. The number of anilines is 1. The second-order valence-corrected chi connectivity index (χ2v) is 7.81. The Labute approximate surface area is 164 Å². The number of thiophene rings is 1. The Bertz CT molecular complexity index is 1080. The molecule has 2 aromatic heterocycles. The number of carbonyl (C=O) groups excluding carboxylic acids is 1. The minimum Gasteiger partial charge on any atom is -0.316 e. The summed E-state index contributed by atoms with van der Waals surface area (Å²) in [6, 6.07) is 10.9. The lowest BCUT2D eigenvalue weighted by atomic mass is 10.2. The zero-order valence-corrected chi connectivity index (χ0v) is 16.6. The molecule has 0 aliphatic heterocycles. The summed E-state index contributed by atoms with van der Waals surface area (Å²) in [5, 5.41) is 15.2. The van der Waals surface area contributed by atoms with Crippen LogP contribution in [0.1, 0.15) is 31.9 Å². The standard InChI is InChI=1S/C19H18N4O2S2/c1-3-12(2)23-18(25)14-6-4-5-7-15(14)21-19(23)27-11-16(24)22-17-13(10-20)8-9-26-17/h4-9,12H,3,11H2,1-2H3,(H,22,24). The summed E-state index contributed by atoms with van der Waals surface area (Å²) in [5.41, 5.74) is 0.969. The van der Waals surface area contributed by atoms with E-state index in [2.05, 4.69) is 10.3 Å². The first-order valence-corrected chi connectivity index (χ1v) is 10.3. The van der Waals surface area contributed by atoms with Crippen LogP contribution in [-0.2, 0) is 4.79 Å². The molecule has 3 aromatic rings. The van der Waals surface area contributed by atoms with Gasteiger partial charge >= 0.3 is 0 Å². The lowest BCUT2D eigenvalue weighted by molar-refractivity contribution is -0.113. The van der Waals surface area contributed by atoms with Gasteiger partial charge in [-0.2, -0.15) is 5.26 Å². The van der Waals surface area contributed by atoms with Crippen molar-refractivity contribution in [2.45, 2.75) is 31.5 Å². The van der Waals surface area contributed by atoms with Gasteiger partial charge in [-0.05, 0) is 36.9 Å². The number of amides is 1.